The molecule has 27 heavy (non-hydrogen) atoms. The Morgan fingerprint density at radius 3 is 2.30 bits per heavy atom. The quantitative estimate of drug-likeness (QED) is 0.744. The first-order valence-electron chi connectivity index (χ1n) is 10.6. The lowest BCUT2D eigenvalue weighted by Crippen LogP contribution is -2.50. The molecule has 2 aliphatic heterocycles. The smallest absolute Gasteiger partial charge is 0.312 e. The van der Waals surface area contributed by atoms with Crippen LogP contribution in [0.25, 0.3) is 0 Å². The van der Waals surface area contributed by atoms with Gasteiger partial charge in [0.2, 0.25) is 0 Å². The van der Waals surface area contributed by atoms with E-state index in [1.807, 2.05) is 18.2 Å². The highest BCUT2D eigenvalue weighted by Crippen LogP contribution is 2.46. The van der Waals surface area contributed by atoms with Crippen LogP contribution in [0.3, 0.4) is 0 Å². The molecule has 1 aromatic rings. The molecule has 1 unspecified atom stereocenters. The van der Waals surface area contributed by atoms with Gasteiger partial charge in [0.05, 0.1) is 5.60 Å². The number of carbonyl (C=O) groups excluding carboxylic acids is 1. The molecule has 1 aromatic carbocycles. The third kappa shape index (κ3) is 4.14. The van der Waals surface area contributed by atoms with Crippen molar-refractivity contribution in [3.63, 3.8) is 0 Å². The number of piperidine rings is 1. The second kappa shape index (κ2) is 7.80. The van der Waals surface area contributed by atoms with Crippen LogP contribution in [0.1, 0.15) is 63.4 Å². The summed E-state index contributed by atoms with van der Waals surface area (Å²) in [5.74, 6) is 0.755. The van der Waals surface area contributed by atoms with Crippen molar-refractivity contribution >= 4 is 6.03 Å². The minimum absolute atomic E-state index is 0.269. The van der Waals surface area contributed by atoms with Crippen molar-refractivity contribution in [3.05, 3.63) is 35.9 Å². The number of hydrogen-bond acceptors (Lipinski definition) is 3. The Morgan fingerprint density at radius 1 is 1.07 bits per heavy atom. The van der Waals surface area contributed by atoms with Crippen molar-refractivity contribution in [2.24, 2.45) is 11.7 Å². The van der Waals surface area contributed by atoms with Gasteiger partial charge in [-0.2, -0.15) is 0 Å². The van der Waals surface area contributed by atoms with Gasteiger partial charge in [0.15, 0.2) is 0 Å². The molecule has 0 spiro atoms. The number of benzene rings is 1. The van der Waals surface area contributed by atoms with Crippen molar-refractivity contribution in [2.45, 2.75) is 81.5 Å². The summed E-state index contributed by atoms with van der Waals surface area (Å²) >= 11 is 0. The van der Waals surface area contributed by atoms with E-state index in [9.17, 15) is 9.90 Å². The van der Waals surface area contributed by atoms with E-state index in [0.29, 0.717) is 12.1 Å². The van der Waals surface area contributed by atoms with Crippen molar-refractivity contribution in [1.29, 1.82) is 0 Å². The maximum Gasteiger partial charge on any atom is 0.312 e. The third-order valence-corrected chi connectivity index (χ3v) is 7.22. The van der Waals surface area contributed by atoms with Gasteiger partial charge < -0.3 is 16.2 Å². The molecule has 2 amide bonds. The van der Waals surface area contributed by atoms with Crippen molar-refractivity contribution in [3.8, 4) is 0 Å². The second-order valence-corrected chi connectivity index (χ2v) is 8.94. The predicted octanol–water partition coefficient (Wildman–Crippen LogP) is 3.12. The lowest BCUT2D eigenvalue weighted by molar-refractivity contribution is -0.0582. The van der Waals surface area contributed by atoms with Crippen molar-refractivity contribution in [2.75, 3.05) is 6.54 Å². The number of nitrogens with zero attached hydrogens (tertiary/aromatic N) is 1. The first-order chi connectivity index (χ1) is 13.0. The molecule has 4 N–H and O–H groups in total. The largest absolute Gasteiger partial charge is 0.385 e. The summed E-state index contributed by atoms with van der Waals surface area (Å²) in [5.41, 5.74) is 5.67. The van der Waals surface area contributed by atoms with Crippen LogP contribution in [-0.2, 0) is 5.60 Å². The van der Waals surface area contributed by atoms with Crippen LogP contribution >= 0.6 is 0 Å². The molecule has 5 heteroatoms. The van der Waals surface area contributed by atoms with Gasteiger partial charge >= 0.3 is 6.03 Å². The van der Waals surface area contributed by atoms with E-state index < -0.39 is 11.6 Å². The van der Waals surface area contributed by atoms with Crippen LogP contribution in [-0.4, -0.2) is 40.7 Å². The van der Waals surface area contributed by atoms with Crippen molar-refractivity contribution < 1.29 is 9.90 Å². The van der Waals surface area contributed by atoms with Crippen LogP contribution in [0.15, 0.2) is 30.3 Å². The average molecular weight is 372 g/mol. The Labute approximate surface area is 162 Å². The Morgan fingerprint density at radius 2 is 1.70 bits per heavy atom. The predicted molar refractivity (Wildman–Crippen MR) is 106 cm³/mol. The molecule has 3 fully saturated rings. The number of fused-ring (bicyclic) bond motifs is 2. The van der Waals surface area contributed by atoms with Crippen LogP contribution in [0.4, 0.5) is 4.79 Å². The zero-order chi connectivity index (χ0) is 18.9. The Balaban J connectivity index is 1.29. The molecular weight excluding hydrogens is 338 g/mol. The molecule has 5 nitrogen and oxygen atoms in total. The minimum Gasteiger partial charge on any atom is -0.385 e. The summed E-state index contributed by atoms with van der Waals surface area (Å²) in [6.45, 7) is 1.15. The lowest BCUT2D eigenvalue weighted by Gasteiger charge is -2.44. The zero-order valence-electron chi connectivity index (χ0n) is 16.1. The van der Waals surface area contributed by atoms with Crippen LogP contribution in [0.2, 0.25) is 0 Å². The number of amides is 2. The second-order valence-electron chi connectivity index (χ2n) is 8.94. The van der Waals surface area contributed by atoms with Gasteiger partial charge in [-0.1, -0.05) is 30.3 Å². The fraction of sp³-hybridized carbons (Fsp3) is 0.682. The van der Waals surface area contributed by atoms with E-state index in [0.717, 1.165) is 43.7 Å². The maximum absolute atomic E-state index is 11.3. The number of aliphatic hydroxyl groups is 1. The lowest BCUT2D eigenvalue weighted by atomic mass is 9.80. The zero-order valence-corrected chi connectivity index (χ0v) is 16.1. The summed E-state index contributed by atoms with van der Waals surface area (Å²) in [6, 6.07) is 11.1. The van der Waals surface area contributed by atoms with Gasteiger partial charge in [-0.05, 0) is 75.8 Å². The van der Waals surface area contributed by atoms with Crippen LogP contribution < -0.4 is 11.1 Å². The Hall–Kier alpha value is -1.59. The molecule has 1 aliphatic carbocycles. The molecule has 1 saturated carbocycles. The van der Waals surface area contributed by atoms with E-state index in [4.69, 9.17) is 5.73 Å². The number of rotatable bonds is 5. The third-order valence-electron chi connectivity index (χ3n) is 7.22. The molecule has 0 radical (unpaired) electrons. The first-order valence-corrected chi connectivity index (χ1v) is 10.6. The van der Waals surface area contributed by atoms with Gasteiger partial charge in [-0.3, -0.25) is 4.90 Å². The Bertz CT molecular complexity index is 628. The van der Waals surface area contributed by atoms with Gasteiger partial charge in [0.1, 0.15) is 0 Å². The summed E-state index contributed by atoms with van der Waals surface area (Å²) < 4.78 is 0. The summed E-state index contributed by atoms with van der Waals surface area (Å²) in [7, 11) is 0. The average Bonchev–Trinajstić information content (AvgIpc) is 2.92. The SMILES string of the molecule is NC(=O)NC1CCC(CCN2[C@@H]3CC[C@H]2CC(O)(c2ccccc2)C3)CC1. The number of urea groups is 1. The molecule has 2 heterocycles. The number of primary amides is 1. The topological polar surface area (TPSA) is 78.6 Å². The molecule has 4 rings (SSSR count). The van der Waals surface area contributed by atoms with E-state index in [2.05, 4.69) is 22.3 Å². The molecule has 148 valence electrons. The van der Waals surface area contributed by atoms with E-state index >= 15 is 0 Å². The summed E-state index contributed by atoms with van der Waals surface area (Å²) in [5, 5.41) is 14.1. The molecule has 2 bridgehead atoms. The number of nitrogens with two attached hydrogens (primary N) is 1. The summed E-state index contributed by atoms with van der Waals surface area (Å²) in [4.78, 5) is 13.7. The highest BCUT2D eigenvalue weighted by atomic mass is 16.3. The van der Waals surface area contributed by atoms with Gasteiger partial charge in [0, 0.05) is 18.1 Å². The minimum atomic E-state index is -0.651. The number of hydrogen-bond donors (Lipinski definition) is 3. The van der Waals surface area contributed by atoms with Gasteiger partial charge in [0.25, 0.3) is 0 Å². The maximum atomic E-state index is 11.3. The normalized spacial score (nSPS) is 36.5. The number of carbonyl (C=O) groups is 1. The van der Waals surface area contributed by atoms with Gasteiger partial charge in [-0.15, -0.1) is 0 Å². The fourth-order valence-corrected chi connectivity index (χ4v) is 5.79. The highest BCUT2D eigenvalue weighted by Gasteiger charge is 2.47. The van der Waals surface area contributed by atoms with Gasteiger partial charge in [-0.25, -0.2) is 4.79 Å². The fourth-order valence-electron chi connectivity index (χ4n) is 5.79. The van der Waals surface area contributed by atoms with E-state index in [-0.39, 0.29) is 6.04 Å². The molecule has 3 atom stereocenters. The van der Waals surface area contributed by atoms with E-state index in [1.54, 1.807) is 0 Å². The summed E-state index contributed by atoms with van der Waals surface area (Å²) in [6.07, 6.45) is 9.86. The monoisotopic (exact) mass is 371 g/mol. The van der Waals surface area contributed by atoms with Crippen molar-refractivity contribution in [1.82, 2.24) is 10.2 Å². The molecule has 2 saturated heterocycles. The molecule has 3 aliphatic rings. The van der Waals surface area contributed by atoms with Crippen LogP contribution in [0.5, 0.6) is 0 Å². The number of nitrogens with one attached hydrogen (secondary N) is 1. The highest BCUT2D eigenvalue weighted by molar-refractivity contribution is 5.71. The van der Waals surface area contributed by atoms with Crippen LogP contribution in [0, 0.1) is 5.92 Å². The first kappa shape index (κ1) is 18.8. The standard InChI is InChI=1S/C22H33N3O2/c23-21(26)24-18-8-6-16(7-9-18)12-13-25-19-10-11-20(25)15-22(27,14-19)17-4-2-1-3-5-17/h1-5,16,18-20,27H,6-15H2,(H3,23,24,26)/t16?,18?,19-,20+,22?. The molecular formula is C22H33N3O2. The van der Waals surface area contributed by atoms with E-state index in [1.165, 1.54) is 32.1 Å². The molecule has 0 aromatic heterocycles. The Kier molecular flexibility index (Phi) is 5.42.